The molecule has 0 aliphatic heterocycles. The molecule has 3 N–H and O–H groups in total. The highest BCUT2D eigenvalue weighted by Crippen LogP contribution is 2.29. The summed E-state index contributed by atoms with van der Waals surface area (Å²) in [5.74, 6) is -0.240. The summed E-state index contributed by atoms with van der Waals surface area (Å²) in [6, 6.07) is 6.32. The van der Waals surface area contributed by atoms with Crippen LogP contribution in [-0.4, -0.2) is 25.4 Å². The molecule has 0 spiro atoms. The second-order valence-corrected chi connectivity index (χ2v) is 9.11. The van der Waals surface area contributed by atoms with Crippen LogP contribution in [0.1, 0.15) is 35.7 Å². The summed E-state index contributed by atoms with van der Waals surface area (Å²) in [4.78, 5) is 11.7. The summed E-state index contributed by atoms with van der Waals surface area (Å²) in [7, 11) is -3.05. The Morgan fingerprint density at radius 3 is 2.52 bits per heavy atom. The molecule has 154 valence electrons. The number of nitrogens with zero attached hydrogens (tertiary/aromatic N) is 2. The van der Waals surface area contributed by atoms with E-state index in [9.17, 15) is 13.0 Å². The molecular weight excluding hydrogens is 420 g/mol. The number of halogens is 3. The monoisotopic (exact) mass is 439 g/mol. The van der Waals surface area contributed by atoms with Gasteiger partial charge in [-0.1, -0.05) is 24.6 Å². The minimum atomic E-state index is -3.05. The standard InChI is InChI=1S/C19H20ClF2N5OS/c1-4-15-14(22)7-8-16(25-15)26-17(11-5-6-13(21)12(20)9-11)18-24-10(2)19(27-18)29(3,23)28/h5-9,17,23H,4H2,1-3H3,(H,24,27)(H,25,26)/t17?,29-/m1/s1. The summed E-state index contributed by atoms with van der Waals surface area (Å²) in [5, 5.41) is 3.21. The van der Waals surface area contributed by atoms with Crippen LogP contribution in [0, 0.1) is 23.3 Å². The Kier molecular flexibility index (Phi) is 5.90. The van der Waals surface area contributed by atoms with Crippen LogP contribution in [0.5, 0.6) is 0 Å². The number of H-pyrrole nitrogens is 1. The zero-order valence-electron chi connectivity index (χ0n) is 16.0. The van der Waals surface area contributed by atoms with E-state index in [4.69, 9.17) is 16.4 Å². The van der Waals surface area contributed by atoms with Gasteiger partial charge in [-0.2, -0.15) is 0 Å². The van der Waals surface area contributed by atoms with Gasteiger partial charge in [0.2, 0.25) is 0 Å². The van der Waals surface area contributed by atoms with Gasteiger partial charge in [0.1, 0.15) is 29.3 Å². The van der Waals surface area contributed by atoms with Crippen LogP contribution in [-0.2, 0) is 16.1 Å². The van der Waals surface area contributed by atoms with Crippen LogP contribution in [0.25, 0.3) is 0 Å². The molecule has 6 nitrogen and oxygen atoms in total. The van der Waals surface area contributed by atoms with Crippen molar-refractivity contribution in [1.82, 2.24) is 15.0 Å². The van der Waals surface area contributed by atoms with Crippen LogP contribution >= 0.6 is 11.6 Å². The molecule has 0 radical (unpaired) electrons. The predicted molar refractivity (Wildman–Crippen MR) is 109 cm³/mol. The van der Waals surface area contributed by atoms with Gasteiger partial charge in [0.25, 0.3) is 0 Å². The zero-order chi connectivity index (χ0) is 21.3. The number of aromatic nitrogens is 3. The van der Waals surface area contributed by atoms with Crippen molar-refractivity contribution in [3.05, 3.63) is 69.8 Å². The van der Waals surface area contributed by atoms with Crippen LogP contribution < -0.4 is 5.32 Å². The van der Waals surface area contributed by atoms with Crippen LogP contribution in [0.15, 0.2) is 35.4 Å². The van der Waals surface area contributed by atoms with Gasteiger partial charge in [0.05, 0.1) is 20.4 Å². The molecule has 0 bridgehead atoms. The third kappa shape index (κ3) is 4.56. The third-order valence-electron chi connectivity index (χ3n) is 4.32. The van der Waals surface area contributed by atoms with Crippen molar-refractivity contribution >= 4 is 27.1 Å². The van der Waals surface area contributed by atoms with E-state index in [-0.39, 0.29) is 10.0 Å². The van der Waals surface area contributed by atoms with E-state index in [1.54, 1.807) is 13.8 Å². The number of hydrogen-bond donors (Lipinski definition) is 3. The van der Waals surface area contributed by atoms with Crippen molar-refractivity contribution in [2.75, 3.05) is 11.6 Å². The fourth-order valence-corrected chi connectivity index (χ4v) is 4.04. The Hall–Kier alpha value is -2.52. The maximum Gasteiger partial charge on any atom is 0.156 e. The number of hydrogen-bond acceptors (Lipinski definition) is 5. The van der Waals surface area contributed by atoms with Crippen LogP contribution in [0.4, 0.5) is 14.6 Å². The Bertz CT molecular complexity index is 1160. The molecule has 2 heterocycles. The van der Waals surface area contributed by atoms with Gasteiger partial charge >= 0.3 is 0 Å². The van der Waals surface area contributed by atoms with Gasteiger partial charge in [0.15, 0.2) is 5.03 Å². The Morgan fingerprint density at radius 1 is 1.24 bits per heavy atom. The first-order valence-corrected chi connectivity index (χ1v) is 11.1. The molecule has 3 rings (SSSR count). The van der Waals surface area contributed by atoms with E-state index in [1.165, 1.54) is 36.6 Å². The lowest BCUT2D eigenvalue weighted by Gasteiger charge is -2.19. The molecule has 1 unspecified atom stereocenters. The quantitative estimate of drug-likeness (QED) is 0.512. The molecule has 0 fully saturated rings. The van der Waals surface area contributed by atoms with Crippen molar-refractivity contribution < 1.29 is 13.0 Å². The van der Waals surface area contributed by atoms with Crippen LogP contribution in [0.2, 0.25) is 5.02 Å². The Labute approximate surface area is 172 Å². The summed E-state index contributed by atoms with van der Waals surface area (Å²) in [5.41, 5.74) is 1.35. The first-order valence-electron chi connectivity index (χ1n) is 8.77. The lowest BCUT2D eigenvalue weighted by molar-refractivity contribution is 0.602. The molecule has 0 amide bonds. The normalized spacial score (nSPS) is 14.4. The molecule has 0 saturated carbocycles. The lowest BCUT2D eigenvalue weighted by Crippen LogP contribution is -2.16. The van der Waals surface area contributed by atoms with E-state index >= 15 is 0 Å². The number of nitrogens with one attached hydrogen (secondary N) is 3. The molecule has 2 atom stereocenters. The second kappa shape index (κ2) is 8.08. The van der Waals surface area contributed by atoms with Gasteiger partial charge in [-0.25, -0.2) is 27.7 Å². The molecule has 0 aliphatic rings. The SMILES string of the molecule is CCc1nc(NC(c2ccc(F)c(Cl)c2)c2nc([S@](C)(=N)=O)c(C)[nH]2)ccc1F. The first kappa shape index (κ1) is 21.2. The van der Waals surface area contributed by atoms with Crippen molar-refractivity contribution in [3.8, 4) is 0 Å². The zero-order valence-corrected chi connectivity index (χ0v) is 17.6. The molecule has 0 saturated heterocycles. The van der Waals surface area contributed by atoms with Crippen molar-refractivity contribution in [1.29, 1.82) is 4.78 Å². The number of benzene rings is 1. The molecule has 29 heavy (non-hydrogen) atoms. The average molecular weight is 440 g/mol. The molecule has 10 heteroatoms. The maximum atomic E-state index is 13.8. The van der Waals surface area contributed by atoms with E-state index < -0.39 is 27.4 Å². The van der Waals surface area contributed by atoms with E-state index in [1.807, 2.05) is 0 Å². The first-order chi connectivity index (χ1) is 13.6. The molecule has 0 aliphatic carbocycles. The summed E-state index contributed by atoms with van der Waals surface area (Å²) < 4.78 is 47.5. The topological polar surface area (TPSA) is 94.5 Å². The van der Waals surface area contributed by atoms with Crippen molar-refractivity contribution in [3.63, 3.8) is 0 Å². The predicted octanol–water partition coefficient (Wildman–Crippen LogP) is 4.84. The molecule has 2 aromatic heterocycles. The number of pyridine rings is 1. The van der Waals surface area contributed by atoms with Gasteiger partial charge < -0.3 is 10.3 Å². The summed E-state index contributed by atoms with van der Waals surface area (Å²) in [6.45, 7) is 3.46. The van der Waals surface area contributed by atoms with Crippen molar-refractivity contribution in [2.45, 2.75) is 31.3 Å². The van der Waals surface area contributed by atoms with Crippen molar-refractivity contribution in [2.24, 2.45) is 0 Å². The minimum Gasteiger partial charge on any atom is -0.356 e. The van der Waals surface area contributed by atoms with E-state index in [2.05, 4.69) is 20.3 Å². The van der Waals surface area contributed by atoms with Gasteiger partial charge in [-0.15, -0.1) is 0 Å². The minimum absolute atomic E-state index is 0.0705. The van der Waals surface area contributed by atoms with Crippen LogP contribution in [0.3, 0.4) is 0 Å². The largest absolute Gasteiger partial charge is 0.356 e. The van der Waals surface area contributed by atoms with E-state index in [0.29, 0.717) is 35.0 Å². The lowest BCUT2D eigenvalue weighted by atomic mass is 10.1. The fraction of sp³-hybridized carbons (Fsp3) is 0.263. The second-order valence-electron chi connectivity index (χ2n) is 6.63. The van der Waals surface area contributed by atoms with Gasteiger partial charge in [-0.05, 0) is 43.2 Å². The van der Waals surface area contributed by atoms with E-state index in [0.717, 1.165) is 0 Å². The highest BCUT2D eigenvalue weighted by Gasteiger charge is 2.23. The molecular formula is C19H20ClF2N5OS. The number of aryl methyl sites for hydroxylation is 2. The Morgan fingerprint density at radius 2 is 1.93 bits per heavy atom. The van der Waals surface area contributed by atoms with Gasteiger partial charge in [0, 0.05) is 11.9 Å². The number of imidazole rings is 1. The number of aromatic amines is 1. The number of rotatable bonds is 6. The highest BCUT2D eigenvalue weighted by molar-refractivity contribution is 7.91. The Balaban J connectivity index is 2.11. The highest BCUT2D eigenvalue weighted by atomic mass is 35.5. The summed E-state index contributed by atoms with van der Waals surface area (Å²) >= 11 is 5.95. The number of anilines is 1. The third-order valence-corrected chi connectivity index (χ3v) is 5.75. The molecule has 3 aromatic rings. The molecule has 1 aromatic carbocycles. The maximum absolute atomic E-state index is 13.8. The summed E-state index contributed by atoms with van der Waals surface area (Å²) in [6.07, 6.45) is 1.70. The van der Waals surface area contributed by atoms with Gasteiger partial charge in [-0.3, -0.25) is 0 Å². The smallest absolute Gasteiger partial charge is 0.156 e. The fourth-order valence-electron chi connectivity index (χ4n) is 2.94. The average Bonchev–Trinajstić information content (AvgIpc) is 3.05.